The van der Waals surface area contributed by atoms with Gasteiger partial charge in [-0.05, 0) is 55.6 Å². The molecule has 0 unspecified atom stereocenters. The van der Waals surface area contributed by atoms with Crippen LogP contribution in [-0.4, -0.2) is 38.4 Å². The smallest absolute Gasteiger partial charge is 0.225 e. The Labute approximate surface area is 192 Å². The molecule has 4 N–H and O–H groups in total. The fourth-order valence-electron chi connectivity index (χ4n) is 3.89. The van der Waals surface area contributed by atoms with Gasteiger partial charge in [-0.15, -0.1) is 0 Å². The molecule has 1 aliphatic carbocycles. The minimum atomic E-state index is -3.40. The number of nitrogens with one attached hydrogen (secondary N) is 4. The van der Waals surface area contributed by atoms with Gasteiger partial charge >= 0.3 is 0 Å². The summed E-state index contributed by atoms with van der Waals surface area (Å²) in [6, 6.07) is 14.4. The molecule has 32 heavy (non-hydrogen) atoms. The number of hydrogen-bond donors (Lipinski definition) is 4. The lowest BCUT2D eigenvalue weighted by Gasteiger charge is -2.22. The Bertz CT molecular complexity index is 869. The summed E-state index contributed by atoms with van der Waals surface area (Å²) in [6.07, 6.45) is 9.62. The van der Waals surface area contributed by atoms with Gasteiger partial charge in [0.1, 0.15) is 5.88 Å². The van der Waals surface area contributed by atoms with Crippen LogP contribution in [0.3, 0.4) is 0 Å². The van der Waals surface area contributed by atoms with Crippen molar-refractivity contribution in [2.24, 2.45) is 0 Å². The third-order valence-corrected chi connectivity index (χ3v) is 6.91. The molecule has 1 fully saturated rings. The van der Waals surface area contributed by atoms with Crippen molar-refractivity contribution in [2.75, 3.05) is 19.0 Å². The Balaban J connectivity index is 1.26. The van der Waals surface area contributed by atoms with E-state index in [0.29, 0.717) is 6.54 Å². The van der Waals surface area contributed by atoms with Gasteiger partial charge in [-0.3, -0.25) is 10.3 Å². The molecule has 1 aliphatic rings. The van der Waals surface area contributed by atoms with Crippen LogP contribution in [0.2, 0.25) is 0 Å². The number of sulfonamides is 1. The fraction of sp³-hybridized carbons (Fsp3) is 0.542. The van der Waals surface area contributed by atoms with Crippen LogP contribution in [0.25, 0.3) is 0 Å². The van der Waals surface area contributed by atoms with Crippen molar-refractivity contribution in [1.29, 1.82) is 0 Å². The number of benzene rings is 1. The molecule has 176 valence electrons. The number of nitrogens with zero attached hydrogens (tertiary/aromatic N) is 1. The van der Waals surface area contributed by atoms with Crippen LogP contribution < -0.4 is 20.7 Å². The van der Waals surface area contributed by atoms with Crippen molar-refractivity contribution in [1.82, 2.24) is 25.7 Å². The number of pyridine rings is 1. The highest BCUT2D eigenvalue weighted by Crippen LogP contribution is 2.17. The van der Waals surface area contributed by atoms with Gasteiger partial charge in [0.15, 0.2) is 0 Å². The van der Waals surface area contributed by atoms with E-state index in [2.05, 4.69) is 37.8 Å². The molecule has 0 bridgehead atoms. The van der Waals surface area contributed by atoms with E-state index in [4.69, 9.17) is 0 Å². The summed E-state index contributed by atoms with van der Waals surface area (Å²) in [5, 5.41) is 10.1. The van der Waals surface area contributed by atoms with Gasteiger partial charge in [-0.25, -0.2) is 13.1 Å². The lowest BCUT2D eigenvalue weighted by atomic mass is 9.95. The molecule has 0 saturated heterocycles. The molecule has 2 aromatic rings. The first-order valence-electron chi connectivity index (χ1n) is 11.7. The molecule has 0 spiro atoms. The summed E-state index contributed by atoms with van der Waals surface area (Å²) < 4.78 is 27.0. The predicted molar refractivity (Wildman–Crippen MR) is 129 cm³/mol. The van der Waals surface area contributed by atoms with E-state index in [0.717, 1.165) is 43.4 Å². The Hall–Kier alpha value is -1.84. The normalized spacial score (nSPS) is 15.1. The lowest BCUT2D eigenvalue weighted by Crippen LogP contribution is -2.33. The van der Waals surface area contributed by atoms with Gasteiger partial charge in [0, 0.05) is 31.9 Å². The summed E-state index contributed by atoms with van der Waals surface area (Å²) in [7, 11) is -3.40. The average Bonchev–Trinajstić information content (AvgIpc) is 2.82. The van der Waals surface area contributed by atoms with Crippen molar-refractivity contribution in [2.45, 2.75) is 64.2 Å². The van der Waals surface area contributed by atoms with Crippen LogP contribution in [0, 0.1) is 0 Å². The standard InChI is InChI=1S/C24H37N5O2S/c30-32(31,20-26-19-24-9-4-5-15-28-24)29-18-22-12-10-21(11-13-22)17-25-14-6-16-27-23-7-2-1-3-8-23/h4-5,9-13,15,23,25-27,29H,1-3,6-8,14,16-20H2. The maximum Gasteiger partial charge on any atom is 0.225 e. The molecule has 3 rings (SSSR count). The molecule has 7 nitrogen and oxygen atoms in total. The molecule has 1 aromatic heterocycles. The van der Waals surface area contributed by atoms with Crippen LogP contribution in [0.1, 0.15) is 55.3 Å². The fourth-order valence-corrected chi connectivity index (χ4v) is 4.75. The van der Waals surface area contributed by atoms with Crippen molar-refractivity contribution in [3.8, 4) is 0 Å². The van der Waals surface area contributed by atoms with E-state index >= 15 is 0 Å². The molecular weight excluding hydrogens is 422 g/mol. The largest absolute Gasteiger partial charge is 0.314 e. The zero-order chi connectivity index (χ0) is 22.5. The van der Waals surface area contributed by atoms with E-state index < -0.39 is 10.0 Å². The molecule has 0 radical (unpaired) electrons. The average molecular weight is 460 g/mol. The topological polar surface area (TPSA) is 95.2 Å². The van der Waals surface area contributed by atoms with Crippen molar-refractivity contribution < 1.29 is 8.42 Å². The Morgan fingerprint density at radius 1 is 0.844 bits per heavy atom. The molecule has 0 amide bonds. The predicted octanol–water partition coefficient (Wildman–Crippen LogP) is 2.65. The highest BCUT2D eigenvalue weighted by molar-refractivity contribution is 7.89. The monoisotopic (exact) mass is 459 g/mol. The lowest BCUT2D eigenvalue weighted by molar-refractivity contribution is 0.371. The highest BCUT2D eigenvalue weighted by atomic mass is 32.2. The number of rotatable bonds is 14. The molecule has 1 saturated carbocycles. The van der Waals surface area contributed by atoms with Gasteiger partial charge < -0.3 is 10.6 Å². The van der Waals surface area contributed by atoms with Gasteiger partial charge in [0.25, 0.3) is 0 Å². The third-order valence-electron chi connectivity index (χ3n) is 5.74. The van der Waals surface area contributed by atoms with Crippen LogP contribution in [0.5, 0.6) is 0 Å². The SMILES string of the molecule is O=S(=O)(CNCc1ccccn1)NCc1ccc(CNCCCNC2CCCCC2)cc1. The molecule has 1 aromatic carbocycles. The van der Waals surface area contributed by atoms with Crippen molar-refractivity contribution in [3.63, 3.8) is 0 Å². The van der Waals surface area contributed by atoms with Crippen molar-refractivity contribution >= 4 is 10.0 Å². The summed E-state index contributed by atoms with van der Waals surface area (Å²) in [4.78, 5) is 4.17. The van der Waals surface area contributed by atoms with E-state index in [1.807, 2.05) is 30.3 Å². The number of aromatic nitrogens is 1. The van der Waals surface area contributed by atoms with E-state index in [1.165, 1.54) is 37.7 Å². The van der Waals surface area contributed by atoms with Crippen LogP contribution in [0.4, 0.5) is 0 Å². The third kappa shape index (κ3) is 9.75. The second kappa shape index (κ2) is 13.6. The second-order valence-corrected chi connectivity index (χ2v) is 10.3. The van der Waals surface area contributed by atoms with E-state index in [1.54, 1.807) is 6.20 Å². The van der Waals surface area contributed by atoms with Gasteiger partial charge in [0.2, 0.25) is 10.0 Å². The van der Waals surface area contributed by atoms with Crippen LogP contribution in [-0.2, 0) is 29.7 Å². The van der Waals surface area contributed by atoms with E-state index in [9.17, 15) is 8.42 Å². The maximum absolute atomic E-state index is 12.2. The first kappa shape index (κ1) is 24.8. The Kier molecular flexibility index (Phi) is 10.6. The molecule has 1 heterocycles. The minimum absolute atomic E-state index is 0.138. The van der Waals surface area contributed by atoms with Gasteiger partial charge in [0.05, 0.1) is 5.69 Å². The first-order chi connectivity index (χ1) is 15.6. The molecule has 0 atom stereocenters. The zero-order valence-electron chi connectivity index (χ0n) is 18.9. The summed E-state index contributed by atoms with van der Waals surface area (Å²) in [6.45, 7) is 3.60. The van der Waals surface area contributed by atoms with Gasteiger partial charge in [-0.2, -0.15) is 0 Å². The minimum Gasteiger partial charge on any atom is -0.314 e. The zero-order valence-corrected chi connectivity index (χ0v) is 19.7. The summed E-state index contributed by atoms with van der Waals surface area (Å²) in [5.74, 6) is -0.138. The maximum atomic E-state index is 12.2. The summed E-state index contributed by atoms with van der Waals surface area (Å²) >= 11 is 0. The summed E-state index contributed by atoms with van der Waals surface area (Å²) in [5.41, 5.74) is 2.96. The number of hydrogen-bond acceptors (Lipinski definition) is 6. The van der Waals surface area contributed by atoms with Crippen LogP contribution >= 0.6 is 0 Å². The quantitative estimate of drug-likeness (QED) is 0.325. The van der Waals surface area contributed by atoms with Gasteiger partial charge in [-0.1, -0.05) is 49.6 Å². The Morgan fingerprint density at radius 3 is 2.31 bits per heavy atom. The Morgan fingerprint density at radius 2 is 1.59 bits per heavy atom. The second-order valence-electron chi connectivity index (χ2n) is 8.46. The van der Waals surface area contributed by atoms with Crippen molar-refractivity contribution in [3.05, 3.63) is 65.5 Å². The van der Waals surface area contributed by atoms with E-state index in [-0.39, 0.29) is 12.4 Å². The molecular formula is C24H37N5O2S. The highest BCUT2D eigenvalue weighted by Gasteiger charge is 2.12. The molecule has 0 aliphatic heterocycles. The molecule has 8 heteroatoms. The van der Waals surface area contributed by atoms with Crippen LogP contribution in [0.15, 0.2) is 48.7 Å². The first-order valence-corrected chi connectivity index (χ1v) is 13.4.